The zero-order valence-corrected chi connectivity index (χ0v) is 17.6. The third-order valence-corrected chi connectivity index (χ3v) is 5.77. The van der Waals surface area contributed by atoms with Gasteiger partial charge in [-0.1, -0.05) is 32.0 Å². The number of esters is 2. The van der Waals surface area contributed by atoms with Gasteiger partial charge in [0.05, 0.1) is 25.2 Å². The third kappa shape index (κ3) is 3.80. The van der Waals surface area contributed by atoms with Gasteiger partial charge in [-0.25, -0.2) is 9.18 Å². The summed E-state index contributed by atoms with van der Waals surface area (Å²) in [6, 6.07) is 6.05. The van der Waals surface area contributed by atoms with Gasteiger partial charge in [-0.3, -0.25) is 14.6 Å². The Morgan fingerprint density at radius 3 is 2.57 bits per heavy atom. The number of carbonyl (C=O) groups excluding carboxylic acids is 3. The maximum absolute atomic E-state index is 14.9. The minimum atomic E-state index is -0.987. The molecule has 3 rings (SSSR count). The number of allylic oxidation sites excluding steroid dienone is 1. The first-order valence-electron chi connectivity index (χ1n) is 10.1. The van der Waals surface area contributed by atoms with Crippen molar-refractivity contribution < 1.29 is 28.2 Å². The molecule has 1 aromatic carbocycles. The van der Waals surface area contributed by atoms with Gasteiger partial charge in [0.25, 0.3) is 0 Å². The lowest BCUT2D eigenvalue weighted by Crippen LogP contribution is -2.48. The van der Waals surface area contributed by atoms with Crippen LogP contribution in [0.3, 0.4) is 0 Å². The largest absolute Gasteiger partial charge is 0.468 e. The molecule has 4 atom stereocenters. The molecule has 0 saturated heterocycles. The van der Waals surface area contributed by atoms with E-state index in [-0.39, 0.29) is 23.7 Å². The molecule has 0 aromatic heterocycles. The fourth-order valence-electron chi connectivity index (χ4n) is 4.44. The molecule has 1 aromatic rings. The number of hydrogen-bond donors (Lipinski definition) is 0. The van der Waals surface area contributed by atoms with Gasteiger partial charge in [0.1, 0.15) is 11.7 Å². The van der Waals surface area contributed by atoms with Crippen LogP contribution in [-0.4, -0.2) is 37.2 Å². The van der Waals surface area contributed by atoms with Crippen LogP contribution in [0.1, 0.15) is 45.1 Å². The Morgan fingerprint density at radius 2 is 1.93 bits per heavy atom. The van der Waals surface area contributed by atoms with Gasteiger partial charge in [-0.2, -0.15) is 0 Å². The number of methoxy groups -OCH3 is 1. The van der Waals surface area contributed by atoms with Crippen LogP contribution in [0.2, 0.25) is 0 Å². The number of rotatable bonds is 5. The molecule has 1 saturated carbocycles. The molecule has 0 unspecified atom stereocenters. The molecule has 30 heavy (non-hydrogen) atoms. The van der Waals surface area contributed by atoms with E-state index in [4.69, 9.17) is 9.47 Å². The van der Waals surface area contributed by atoms with Gasteiger partial charge in [0, 0.05) is 17.3 Å². The van der Waals surface area contributed by atoms with Crippen LogP contribution in [0.4, 0.5) is 4.39 Å². The summed E-state index contributed by atoms with van der Waals surface area (Å²) in [5.74, 6) is -5.29. The van der Waals surface area contributed by atoms with Crippen molar-refractivity contribution in [1.29, 1.82) is 0 Å². The SMILES string of the molecule is CCCOC(=O)C1=C(C)N=C2C[C@@H](C)[C@@H](C(=O)OC)C(=O)[C@@H]2[C@@H]1c1ccccc1F. The molecule has 1 fully saturated rings. The molecule has 0 bridgehead atoms. The molecule has 0 radical (unpaired) electrons. The molecule has 0 spiro atoms. The summed E-state index contributed by atoms with van der Waals surface area (Å²) in [6.45, 7) is 5.53. The van der Waals surface area contributed by atoms with Crippen LogP contribution in [0.25, 0.3) is 0 Å². The molecule has 160 valence electrons. The second-order valence-corrected chi connectivity index (χ2v) is 7.80. The normalized spacial score (nSPS) is 26.0. The van der Waals surface area contributed by atoms with E-state index >= 15 is 0 Å². The second-order valence-electron chi connectivity index (χ2n) is 7.80. The standard InChI is InChI=1S/C23H26FNO5/c1-5-10-30-23(28)18-13(3)25-16-11-12(2)17(22(27)29-4)21(26)20(16)19(18)14-8-6-7-9-15(14)24/h6-9,12,17,19-20H,5,10-11H2,1-4H3/t12-,17-,19-,20+/m1/s1. The number of carbonyl (C=O) groups is 3. The summed E-state index contributed by atoms with van der Waals surface area (Å²) in [4.78, 5) is 43.3. The van der Waals surface area contributed by atoms with Crippen molar-refractivity contribution in [3.05, 3.63) is 46.9 Å². The van der Waals surface area contributed by atoms with Crippen LogP contribution in [0.5, 0.6) is 0 Å². The Kier molecular flexibility index (Phi) is 6.48. The fourth-order valence-corrected chi connectivity index (χ4v) is 4.44. The molecule has 2 aliphatic rings. The van der Waals surface area contributed by atoms with E-state index in [0.29, 0.717) is 24.3 Å². The number of hydrogen-bond acceptors (Lipinski definition) is 6. The van der Waals surface area contributed by atoms with Crippen LogP contribution < -0.4 is 0 Å². The van der Waals surface area contributed by atoms with E-state index in [1.807, 2.05) is 6.92 Å². The van der Waals surface area contributed by atoms with Gasteiger partial charge in [0.15, 0.2) is 5.78 Å². The fraction of sp³-hybridized carbons (Fsp3) is 0.478. The number of nitrogens with zero attached hydrogens (tertiary/aromatic N) is 1. The first-order chi connectivity index (χ1) is 14.3. The van der Waals surface area contributed by atoms with E-state index in [1.54, 1.807) is 32.0 Å². The molecular formula is C23H26FNO5. The van der Waals surface area contributed by atoms with Gasteiger partial charge >= 0.3 is 11.9 Å². The van der Waals surface area contributed by atoms with Crippen LogP contribution in [0, 0.1) is 23.6 Å². The Labute approximate surface area is 175 Å². The smallest absolute Gasteiger partial charge is 0.336 e. The lowest BCUT2D eigenvalue weighted by atomic mass is 9.63. The van der Waals surface area contributed by atoms with Gasteiger partial charge in [0.2, 0.25) is 0 Å². The Hall–Kier alpha value is -2.83. The number of fused-ring (bicyclic) bond motifs is 1. The average molecular weight is 415 g/mol. The van der Waals surface area contributed by atoms with E-state index in [0.717, 1.165) is 0 Å². The quantitative estimate of drug-likeness (QED) is 0.542. The van der Waals surface area contributed by atoms with Crippen molar-refractivity contribution in [2.45, 2.75) is 39.5 Å². The van der Waals surface area contributed by atoms with Crippen LogP contribution >= 0.6 is 0 Å². The zero-order chi connectivity index (χ0) is 22.0. The predicted octanol–water partition coefficient (Wildman–Crippen LogP) is 3.61. The lowest BCUT2D eigenvalue weighted by Gasteiger charge is -2.40. The molecule has 0 N–H and O–H groups in total. The molecule has 7 heteroatoms. The highest BCUT2D eigenvalue weighted by Crippen LogP contribution is 2.46. The average Bonchev–Trinajstić information content (AvgIpc) is 2.71. The van der Waals surface area contributed by atoms with Crippen molar-refractivity contribution in [1.82, 2.24) is 0 Å². The van der Waals surface area contributed by atoms with Crippen molar-refractivity contribution in [2.24, 2.45) is 22.7 Å². The van der Waals surface area contributed by atoms with Crippen molar-refractivity contribution >= 4 is 23.4 Å². The predicted molar refractivity (Wildman–Crippen MR) is 108 cm³/mol. The third-order valence-electron chi connectivity index (χ3n) is 5.77. The number of benzene rings is 1. The lowest BCUT2D eigenvalue weighted by molar-refractivity contribution is -0.152. The van der Waals surface area contributed by atoms with Crippen molar-refractivity contribution in [2.75, 3.05) is 13.7 Å². The monoisotopic (exact) mass is 415 g/mol. The van der Waals surface area contributed by atoms with Gasteiger partial charge < -0.3 is 9.47 Å². The Bertz CT molecular complexity index is 935. The number of Topliss-reactive ketones (excluding diaryl/α,β-unsaturated/α-hetero) is 1. The highest BCUT2D eigenvalue weighted by molar-refractivity contribution is 6.17. The number of halogens is 1. The Balaban J connectivity index is 2.17. The maximum atomic E-state index is 14.9. The summed E-state index contributed by atoms with van der Waals surface area (Å²) in [7, 11) is 1.23. The number of ether oxygens (including phenoxy) is 2. The summed E-state index contributed by atoms with van der Waals surface area (Å²) in [6.07, 6.45) is 1.01. The molecule has 6 nitrogen and oxygen atoms in total. The highest BCUT2D eigenvalue weighted by Gasteiger charge is 2.51. The first-order valence-corrected chi connectivity index (χ1v) is 10.1. The summed E-state index contributed by atoms with van der Waals surface area (Å²) >= 11 is 0. The number of ketones is 1. The Morgan fingerprint density at radius 1 is 1.23 bits per heavy atom. The van der Waals surface area contributed by atoms with Crippen LogP contribution in [0.15, 0.2) is 40.5 Å². The number of aliphatic imine (C=N–C) groups is 1. The van der Waals surface area contributed by atoms with E-state index < -0.39 is 41.3 Å². The van der Waals surface area contributed by atoms with Gasteiger partial charge in [-0.05, 0) is 37.3 Å². The van der Waals surface area contributed by atoms with E-state index in [2.05, 4.69) is 4.99 Å². The molecule has 1 aliphatic heterocycles. The molecule has 1 heterocycles. The second kappa shape index (κ2) is 8.90. The first kappa shape index (κ1) is 21.9. The topological polar surface area (TPSA) is 82.0 Å². The van der Waals surface area contributed by atoms with Crippen LogP contribution in [-0.2, 0) is 23.9 Å². The minimum Gasteiger partial charge on any atom is -0.468 e. The van der Waals surface area contributed by atoms with Crippen molar-refractivity contribution in [3.8, 4) is 0 Å². The van der Waals surface area contributed by atoms with E-state index in [1.165, 1.54) is 13.2 Å². The highest BCUT2D eigenvalue weighted by atomic mass is 19.1. The molecular weight excluding hydrogens is 389 g/mol. The summed E-state index contributed by atoms with van der Waals surface area (Å²) < 4.78 is 25.0. The van der Waals surface area contributed by atoms with Crippen molar-refractivity contribution in [3.63, 3.8) is 0 Å². The minimum absolute atomic E-state index is 0.161. The molecule has 0 amide bonds. The zero-order valence-electron chi connectivity index (χ0n) is 17.6. The molecule has 1 aliphatic carbocycles. The summed E-state index contributed by atoms with van der Waals surface area (Å²) in [5.41, 5.74) is 1.34. The maximum Gasteiger partial charge on any atom is 0.336 e. The summed E-state index contributed by atoms with van der Waals surface area (Å²) in [5, 5.41) is 0. The van der Waals surface area contributed by atoms with Gasteiger partial charge in [-0.15, -0.1) is 0 Å². The van der Waals surface area contributed by atoms with E-state index in [9.17, 15) is 18.8 Å².